The lowest BCUT2D eigenvalue weighted by atomic mass is 10.2. The van der Waals surface area contributed by atoms with Crippen LogP contribution in [0.4, 0.5) is 22.0 Å². The molecule has 0 heterocycles. The molecule has 0 amide bonds. The summed E-state index contributed by atoms with van der Waals surface area (Å²) in [4.78, 5) is 21.8. The average Bonchev–Trinajstić information content (AvgIpc) is 2.21. The maximum atomic E-state index is 12.6. The topological polar surface area (TPSA) is 52.6 Å². The molecule has 0 fully saturated rings. The molecule has 0 aliphatic carbocycles. The van der Waals surface area contributed by atoms with Gasteiger partial charge in [0, 0.05) is 12.5 Å². The largest absolute Gasteiger partial charge is 0.458 e. The van der Waals surface area contributed by atoms with Gasteiger partial charge in [-0.15, -0.1) is 0 Å². The lowest BCUT2D eigenvalue weighted by molar-refractivity contribution is -0.195. The number of hydrogen-bond acceptors (Lipinski definition) is 4. The molecule has 116 valence electrons. The van der Waals surface area contributed by atoms with Crippen molar-refractivity contribution in [2.75, 3.05) is 6.61 Å². The molecule has 0 aliphatic heterocycles. The second-order valence-corrected chi connectivity index (χ2v) is 4.11. The van der Waals surface area contributed by atoms with Crippen molar-refractivity contribution in [3.05, 3.63) is 12.2 Å². The van der Waals surface area contributed by atoms with Crippen molar-refractivity contribution >= 4 is 11.9 Å². The smallest absolute Gasteiger partial charge is 0.392 e. The van der Waals surface area contributed by atoms with Crippen molar-refractivity contribution in [3.63, 3.8) is 0 Å². The molecule has 0 N–H and O–H groups in total. The van der Waals surface area contributed by atoms with Gasteiger partial charge in [0.25, 0.3) is 0 Å². The third-order valence-corrected chi connectivity index (χ3v) is 1.84. The van der Waals surface area contributed by atoms with Gasteiger partial charge in [-0.1, -0.05) is 6.58 Å². The van der Waals surface area contributed by atoms with Gasteiger partial charge in [0.2, 0.25) is 0 Å². The Bertz CT molecular complexity index is 383. The maximum absolute atomic E-state index is 12.6. The van der Waals surface area contributed by atoms with E-state index < -0.39 is 43.2 Å². The van der Waals surface area contributed by atoms with E-state index in [4.69, 9.17) is 0 Å². The lowest BCUT2D eigenvalue weighted by Gasteiger charge is -2.21. The number of esters is 2. The number of ether oxygens (including phenoxy) is 2. The van der Waals surface area contributed by atoms with Crippen molar-refractivity contribution in [2.24, 2.45) is 0 Å². The maximum Gasteiger partial charge on any atom is 0.392 e. The molecule has 1 unspecified atom stereocenters. The fourth-order valence-corrected chi connectivity index (χ4v) is 0.939. The van der Waals surface area contributed by atoms with E-state index in [1.807, 2.05) is 0 Å². The summed E-state index contributed by atoms with van der Waals surface area (Å²) in [5, 5.41) is 0. The van der Waals surface area contributed by atoms with Gasteiger partial charge in [-0.3, -0.25) is 0 Å². The van der Waals surface area contributed by atoms with Crippen LogP contribution in [-0.4, -0.2) is 36.7 Å². The zero-order chi connectivity index (χ0) is 16.1. The minimum absolute atomic E-state index is 0.0945. The van der Waals surface area contributed by atoms with Gasteiger partial charge >= 0.3 is 24.0 Å². The Morgan fingerprint density at radius 2 is 1.70 bits per heavy atom. The first-order chi connectivity index (χ1) is 8.83. The summed E-state index contributed by atoms with van der Waals surface area (Å²) >= 11 is 0. The molecule has 4 nitrogen and oxygen atoms in total. The summed E-state index contributed by atoms with van der Waals surface area (Å²) in [5.41, 5.74) is -0.0945. The highest BCUT2D eigenvalue weighted by Gasteiger charge is 2.40. The van der Waals surface area contributed by atoms with Crippen molar-refractivity contribution in [2.45, 2.75) is 38.5 Å². The highest BCUT2D eigenvalue weighted by atomic mass is 19.4. The SMILES string of the molecule is C=C(C)C(=O)OCC(CC(F)(F)F)OC(=O)C(C)(F)F. The van der Waals surface area contributed by atoms with Crippen molar-refractivity contribution in [3.8, 4) is 0 Å². The molecule has 0 aromatic rings. The Morgan fingerprint density at radius 3 is 2.05 bits per heavy atom. The first kappa shape index (κ1) is 18.3. The number of carbonyl (C=O) groups is 2. The molecule has 0 saturated heterocycles. The molecule has 0 bridgehead atoms. The zero-order valence-corrected chi connectivity index (χ0v) is 10.7. The van der Waals surface area contributed by atoms with Crippen LogP contribution >= 0.6 is 0 Å². The third-order valence-electron chi connectivity index (χ3n) is 1.84. The Morgan fingerprint density at radius 1 is 1.20 bits per heavy atom. The second kappa shape index (κ2) is 6.67. The normalized spacial score (nSPS) is 13.6. The summed E-state index contributed by atoms with van der Waals surface area (Å²) in [5.74, 6) is -7.09. The predicted molar refractivity (Wildman–Crippen MR) is 56.9 cm³/mol. The van der Waals surface area contributed by atoms with Crippen molar-refractivity contribution in [1.29, 1.82) is 0 Å². The van der Waals surface area contributed by atoms with Crippen LogP contribution in [-0.2, 0) is 19.1 Å². The first-order valence-corrected chi connectivity index (χ1v) is 5.31. The van der Waals surface area contributed by atoms with Gasteiger partial charge < -0.3 is 9.47 Å². The molecular formula is C11H13F5O4. The Labute approximate surface area is 111 Å². The summed E-state index contributed by atoms with van der Waals surface area (Å²) in [6, 6.07) is 0. The fraction of sp³-hybridized carbons (Fsp3) is 0.636. The molecule has 0 spiro atoms. The van der Waals surface area contributed by atoms with Gasteiger partial charge in [0.05, 0.1) is 6.42 Å². The van der Waals surface area contributed by atoms with Gasteiger partial charge in [0.15, 0.2) is 0 Å². The lowest BCUT2D eigenvalue weighted by Crippen LogP contribution is -2.36. The molecule has 0 saturated carbocycles. The molecule has 1 atom stereocenters. The van der Waals surface area contributed by atoms with Gasteiger partial charge in [-0.05, 0) is 6.92 Å². The number of alkyl halides is 5. The van der Waals surface area contributed by atoms with Gasteiger partial charge in [-0.2, -0.15) is 22.0 Å². The summed E-state index contributed by atoms with van der Waals surface area (Å²) in [6.07, 6.45) is -8.53. The first-order valence-electron chi connectivity index (χ1n) is 5.31. The Kier molecular flexibility index (Phi) is 6.11. The van der Waals surface area contributed by atoms with Crippen LogP contribution in [0.1, 0.15) is 20.3 Å². The summed E-state index contributed by atoms with van der Waals surface area (Å²) in [7, 11) is 0. The van der Waals surface area contributed by atoms with E-state index >= 15 is 0 Å². The quantitative estimate of drug-likeness (QED) is 0.430. The van der Waals surface area contributed by atoms with Crippen LogP contribution in [0, 0.1) is 0 Å². The monoisotopic (exact) mass is 304 g/mol. The fourth-order valence-electron chi connectivity index (χ4n) is 0.939. The molecule has 9 heteroatoms. The molecule has 0 aromatic carbocycles. The van der Waals surface area contributed by atoms with Gasteiger partial charge in [-0.25, -0.2) is 9.59 Å². The van der Waals surface area contributed by atoms with Crippen LogP contribution in [0.3, 0.4) is 0 Å². The van der Waals surface area contributed by atoms with E-state index in [0.29, 0.717) is 0 Å². The standard InChI is InChI=1S/C11H13F5O4/c1-6(2)8(17)19-5-7(4-11(14,15)16)20-9(18)10(3,12)13/h7H,1,4-5H2,2-3H3. The zero-order valence-electron chi connectivity index (χ0n) is 10.7. The summed E-state index contributed by atoms with van der Waals surface area (Å²) < 4.78 is 70.1. The van der Waals surface area contributed by atoms with Gasteiger partial charge in [0.1, 0.15) is 12.7 Å². The average molecular weight is 304 g/mol. The number of carbonyl (C=O) groups excluding carboxylic acids is 2. The highest BCUT2D eigenvalue weighted by Crippen LogP contribution is 2.25. The minimum Gasteiger partial charge on any atom is -0.458 e. The van der Waals surface area contributed by atoms with Crippen molar-refractivity contribution < 1.29 is 41.0 Å². The Balaban J connectivity index is 4.70. The van der Waals surface area contributed by atoms with Crippen LogP contribution in [0.25, 0.3) is 0 Å². The van der Waals surface area contributed by atoms with E-state index in [2.05, 4.69) is 16.1 Å². The van der Waals surface area contributed by atoms with E-state index in [9.17, 15) is 31.5 Å². The van der Waals surface area contributed by atoms with Crippen molar-refractivity contribution in [1.82, 2.24) is 0 Å². The number of hydrogen-bond donors (Lipinski definition) is 0. The molecule has 20 heavy (non-hydrogen) atoms. The van der Waals surface area contributed by atoms with E-state index in [1.54, 1.807) is 0 Å². The third kappa shape index (κ3) is 7.70. The molecule has 0 rings (SSSR count). The number of halogens is 5. The molecular weight excluding hydrogens is 291 g/mol. The van der Waals surface area contributed by atoms with Crippen LogP contribution in [0.2, 0.25) is 0 Å². The molecule has 0 aliphatic rings. The number of rotatable bonds is 6. The van der Waals surface area contributed by atoms with E-state index in [-0.39, 0.29) is 12.5 Å². The molecule has 0 aromatic heterocycles. The van der Waals surface area contributed by atoms with E-state index in [1.165, 1.54) is 6.92 Å². The van der Waals surface area contributed by atoms with Crippen LogP contribution in [0.5, 0.6) is 0 Å². The second-order valence-electron chi connectivity index (χ2n) is 4.11. The van der Waals surface area contributed by atoms with Crippen LogP contribution in [0.15, 0.2) is 12.2 Å². The summed E-state index contributed by atoms with van der Waals surface area (Å²) in [6.45, 7) is 3.61. The Hall–Kier alpha value is -1.67. The molecule has 0 radical (unpaired) electrons. The van der Waals surface area contributed by atoms with Crippen LogP contribution < -0.4 is 0 Å². The highest BCUT2D eigenvalue weighted by molar-refractivity contribution is 5.86. The van der Waals surface area contributed by atoms with E-state index in [0.717, 1.165) is 0 Å². The minimum atomic E-state index is -4.77. The predicted octanol–water partition coefficient (Wildman–Crippen LogP) is 2.63.